The smallest absolute Gasteiger partial charge is 0.166 e. The summed E-state index contributed by atoms with van der Waals surface area (Å²) in [5, 5.41) is 7.00. The molecule has 3 nitrogen and oxygen atoms in total. The van der Waals surface area contributed by atoms with Gasteiger partial charge in [-0.25, -0.2) is 0 Å². The van der Waals surface area contributed by atoms with Crippen LogP contribution in [0.2, 0.25) is 0 Å². The first-order valence-corrected chi connectivity index (χ1v) is 7.49. The third kappa shape index (κ3) is 6.27. The monoisotopic (exact) mass is 300 g/mol. The van der Waals surface area contributed by atoms with Crippen molar-refractivity contribution in [3.05, 3.63) is 66.2 Å². The fourth-order valence-electron chi connectivity index (χ4n) is 1.88. The zero-order valence-electron chi connectivity index (χ0n) is 11.9. The first kappa shape index (κ1) is 15.3. The van der Waals surface area contributed by atoms with Crippen molar-refractivity contribution in [3.8, 4) is 5.75 Å². The lowest BCUT2D eigenvalue weighted by molar-refractivity contribution is 0.322. The van der Waals surface area contributed by atoms with Gasteiger partial charge in [0, 0.05) is 6.54 Å². The largest absolute Gasteiger partial charge is 0.492 e. The van der Waals surface area contributed by atoms with Gasteiger partial charge in [-0.3, -0.25) is 0 Å². The highest BCUT2D eigenvalue weighted by atomic mass is 32.1. The summed E-state index contributed by atoms with van der Waals surface area (Å²) in [6, 6.07) is 20.1. The molecule has 0 bridgehead atoms. The summed E-state index contributed by atoms with van der Waals surface area (Å²) in [5.41, 5.74) is 1.31. The maximum atomic E-state index is 5.58. The van der Waals surface area contributed by atoms with Crippen LogP contribution in [0.4, 0.5) is 0 Å². The van der Waals surface area contributed by atoms with Crippen molar-refractivity contribution in [1.29, 1.82) is 0 Å². The van der Waals surface area contributed by atoms with E-state index in [2.05, 4.69) is 22.8 Å². The average Bonchev–Trinajstić information content (AvgIpc) is 2.54. The van der Waals surface area contributed by atoms with Gasteiger partial charge in [-0.05, 0) is 36.3 Å². The Labute approximate surface area is 131 Å². The molecular formula is C17H20N2OS. The molecule has 2 aromatic rings. The van der Waals surface area contributed by atoms with Gasteiger partial charge in [-0.15, -0.1) is 0 Å². The SMILES string of the molecule is S=C(NCCOc1ccccc1)NCCc1ccccc1. The molecule has 2 rings (SSSR count). The van der Waals surface area contributed by atoms with Crippen LogP contribution in [0.3, 0.4) is 0 Å². The van der Waals surface area contributed by atoms with Gasteiger partial charge in [0.05, 0.1) is 6.54 Å². The Balaban J connectivity index is 1.54. The lowest BCUT2D eigenvalue weighted by Gasteiger charge is -2.11. The van der Waals surface area contributed by atoms with E-state index in [9.17, 15) is 0 Å². The second-order valence-corrected chi connectivity index (χ2v) is 4.99. The Morgan fingerprint density at radius 1 is 0.857 bits per heavy atom. The molecular weight excluding hydrogens is 280 g/mol. The summed E-state index contributed by atoms with van der Waals surface area (Å²) in [4.78, 5) is 0. The van der Waals surface area contributed by atoms with Crippen LogP contribution in [-0.4, -0.2) is 24.8 Å². The molecule has 0 unspecified atom stereocenters. The number of benzene rings is 2. The molecule has 4 heteroatoms. The zero-order chi connectivity index (χ0) is 14.8. The highest BCUT2D eigenvalue weighted by Gasteiger charge is 1.96. The molecule has 0 saturated carbocycles. The molecule has 0 amide bonds. The van der Waals surface area contributed by atoms with E-state index in [4.69, 9.17) is 17.0 Å². The number of nitrogens with one attached hydrogen (secondary N) is 2. The maximum absolute atomic E-state index is 5.58. The molecule has 2 N–H and O–H groups in total. The highest BCUT2D eigenvalue weighted by molar-refractivity contribution is 7.80. The molecule has 0 heterocycles. The molecule has 0 saturated heterocycles. The van der Waals surface area contributed by atoms with Gasteiger partial charge in [0.1, 0.15) is 12.4 Å². The van der Waals surface area contributed by atoms with Crippen LogP contribution in [-0.2, 0) is 6.42 Å². The maximum Gasteiger partial charge on any atom is 0.166 e. The van der Waals surface area contributed by atoms with E-state index in [1.807, 2.05) is 48.5 Å². The molecule has 2 aromatic carbocycles. The van der Waals surface area contributed by atoms with Gasteiger partial charge in [0.15, 0.2) is 5.11 Å². The predicted molar refractivity (Wildman–Crippen MR) is 90.7 cm³/mol. The Kier molecular flexibility index (Phi) is 6.55. The number of thiocarbonyl (C=S) groups is 1. The van der Waals surface area contributed by atoms with Gasteiger partial charge >= 0.3 is 0 Å². The fraction of sp³-hybridized carbons (Fsp3) is 0.235. The van der Waals surface area contributed by atoms with Crippen LogP contribution in [0.25, 0.3) is 0 Å². The van der Waals surface area contributed by atoms with Crippen molar-refractivity contribution in [2.75, 3.05) is 19.7 Å². The minimum absolute atomic E-state index is 0.588. The molecule has 0 radical (unpaired) electrons. The third-order valence-electron chi connectivity index (χ3n) is 2.94. The molecule has 0 aromatic heterocycles. The van der Waals surface area contributed by atoms with Crippen molar-refractivity contribution in [2.24, 2.45) is 0 Å². The third-order valence-corrected chi connectivity index (χ3v) is 3.23. The number of ether oxygens (including phenoxy) is 1. The quantitative estimate of drug-likeness (QED) is 0.608. The summed E-state index contributed by atoms with van der Waals surface area (Å²) >= 11 is 5.22. The Morgan fingerprint density at radius 2 is 1.48 bits per heavy atom. The minimum Gasteiger partial charge on any atom is -0.492 e. The average molecular weight is 300 g/mol. The van der Waals surface area contributed by atoms with Crippen molar-refractivity contribution in [2.45, 2.75) is 6.42 Å². The van der Waals surface area contributed by atoms with E-state index >= 15 is 0 Å². The normalized spacial score (nSPS) is 9.90. The predicted octanol–water partition coefficient (Wildman–Crippen LogP) is 2.77. The lowest BCUT2D eigenvalue weighted by Crippen LogP contribution is -2.38. The molecule has 0 aliphatic carbocycles. The van der Waals surface area contributed by atoms with Crippen molar-refractivity contribution in [3.63, 3.8) is 0 Å². The Hall–Kier alpha value is -2.07. The first-order chi connectivity index (χ1) is 10.3. The molecule has 0 aliphatic heterocycles. The molecule has 0 aliphatic rings. The molecule has 21 heavy (non-hydrogen) atoms. The van der Waals surface area contributed by atoms with Gasteiger partial charge in [-0.1, -0.05) is 48.5 Å². The fourth-order valence-corrected chi connectivity index (χ4v) is 2.08. The summed E-state index contributed by atoms with van der Waals surface area (Å²) < 4.78 is 5.58. The van der Waals surface area contributed by atoms with Crippen LogP contribution in [0.15, 0.2) is 60.7 Å². The zero-order valence-corrected chi connectivity index (χ0v) is 12.7. The number of rotatable bonds is 7. The van der Waals surface area contributed by atoms with Gasteiger partial charge in [0.2, 0.25) is 0 Å². The first-order valence-electron chi connectivity index (χ1n) is 7.08. The van der Waals surface area contributed by atoms with Gasteiger partial charge < -0.3 is 15.4 Å². The van der Waals surface area contributed by atoms with E-state index < -0.39 is 0 Å². The van der Waals surface area contributed by atoms with Crippen molar-refractivity contribution < 1.29 is 4.74 Å². The van der Waals surface area contributed by atoms with Crippen LogP contribution < -0.4 is 15.4 Å². The van der Waals surface area contributed by atoms with E-state index in [0.29, 0.717) is 18.3 Å². The van der Waals surface area contributed by atoms with E-state index in [-0.39, 0.29) is 0 Å². The number of hydrogen-bond acceptors (Lipinski definition) is 2. The molecule has 0 fully saturated rings. The van der Waals surface area contributed by atoms with Crippen LogP contribution in [0.5, 0.6) is 5.75 Å². The summed E-state index contributed by atoms with van der Waals surface area (Å²) in [6.45, 7) is 2.10. The highest BCUT2D eigenvalue weighted by Crippen LogP contribution is 2.07. The minimum atomic E-state index is 0.588. The Bertz CT molecular complexity index is 531. The van der Waals surface area contributed by atoms with Crippen molar-refractivity contribution in [1.82, 2.24) is 10.6 Å². The molecule has 110 valence electrons. The van der Waals surface area contributed by atoms with Crippen molar-refractivity contribution >= 4 is 17.3 Å². The second-order valence-electron chi connectivity index (χ2n) is 4.58. The van der Waals surface area contributed by atoms with Crippen LogP contribution in [0, 0.1) is 0 Å². The summed E-state index contributed by atoms with van der Waals surface area (Å²) in [5.74, 6) is 0.877. The molecule has 0 atom stereocenters. The van der Waals surface area contributed by atoms with Gasteiger partial charge in [-0.2, -0.15) is 0 Å². The van der Waals surface area contributed by atoms with Crippen LogP contribution >= 0.6 is 12.2 Å². The summed E-state index contributed by atoms with van der Waals surface area (Å²) in [7, 11) is 0. The van der Waals surface area contributed by atoms with E-state index in [0.717, 1.165) is 18.7 Å². The standard InChI is InChI=1S/C17H20N2OS/c21-17(18-12-11-15-7-3-1-4-8-15)19-13-14-20-16-9-5-2-6-10-16/h1-10H,11-14H2,(H2,18,19,21). The molecule has 0 spiro atoms. The van der Waals surface area contributed by atoms with Crippen LogP contribution in [0.1, 0.15) is 5.56 Å². The second kappa shape index (κ2) is 8.97. The van der Waals surface area contributed by atoms with E-state index in [1.54, 1.807) is 0 Å². The lowest BCUT2D eigenvalue weighted by atomic mass is 10.1. The summed E-state index contributed by atoms with van der Waals surface area (Å²) in [6.07, 6.45) is 0.961. The number of para-hydroxylation sites is 1. The van der Waals surface area contributed by atoms with E-state index in [1.165, 1.54) is 5.56 Å². The topological polar surface area (TPSA) is 33.3 Å². The Morgan fingerprint density at radius 3 is 2.19 bits per heavy atom. The van der Waals surface area contributed by atoms with Gasteiger partial charge in [0.25, 0.3) is 0 Å². The number of hydrogen-bond donors (Lipinski definition) is 2.